The SMILES string of the molecule is O=C(O)c1ccc(NCCc2cccnc2)cn1. The van der Waals surface area contributed by atoms with Gasteiger partial charge in [-0.2, -0.15) is 0 Å². The molecule has 0 aromatic carbocycles. The summed E-state index contributed by atoms with van der Waals surface area (Å²) in [6, 6.07) is 7.10. The first-order valence-corrected chi connectivity index (χ1v) is 5.58. The predicted molar refractivity (Wildman–Crippen MR) is 67.6 cm³/mol. The molecular weight excluding hydrogens is 230 g/mol. The normalized spacial score (nSPS) is 10.0. The van der Waals surface area contributed by atoms with Crippen molar-refractivity contribution in [1.29, 1.82) is 0 Å². The lowest BCUT2D eigenvalue weighted by Crippen LogP contribution is -2.06. The number of rotatable bonds is 5. The highest BCUT2D eigenvalue weighted by atomic mass is 16.4. The minimum absolute atomic E-state index is 0.0489. The monoisotopic (exact) mass is 243 g/mol. The van der Waals surface area contributed by atoms with Gasteiger partial charge in [-0.1, -0.05) is 6.07 Å². The molecule has 5 heteroatoms. The highest BCUT2D eigenvalue weighted by molar-refractivity contribution is 5.85. The van der Waals surface area contributed by atoms with Crippen LogP contribution in [-0.4, -0.2) is 27.6 Å². The lowest BCUT2D eigenvalue weighted by atomic mass is 10.2. The third-order valence-corrected chi connectivity index (χ3v) is 2.45. The fourth-order valence-corrected chi connectivity index (χ4v) is 1.52. The minimum Gasteiger partial charge on any atom is -0.477 e. The number of hydrogen-bond acceptors (Lipinski definition) is 4. The van der Waals surface area contributed by atoms with E-state index < -0.39 is 5.97 Å². The average molecular weight is 243 g/mol. The van der Waals surface area contributed by atoms with Crippen LogP contribution in [0.2, 0.25) is 0 Å². The van der Waals surface area contributed by atoms with Crippen LogP contribution in [0.25, 0.3) is 0 Å². The van der Waals surface area contributed by atoms with E-state index in [0.29, 0.717) is 0 Å². The van der Waals surface area contributed by atoms with Gasteiger partial charge in [0.2, 0.25) is 0 Å². The van der Waals surface area contributed by atoms with Crippen LogP contribution in [-0.2, 0) is 6.42 Å². The third kappa shape index (κ3) is 3.28. The molecule has 2 rings (SSSR count). The van der Waals surface area contributed by atoms with Crippen LogP contribution in [0.1, 0.15) is 16.1 Å². The molecule has 18 heavy (non-hydrogen) atoms. The smallest absolute Gasteiger partial charge is 0.354 e. The zero-order valence-electron chi connectivity index (χ0n) is 9.71. The maximum absolute atomic E-state index is 10.6. The van der Waals surface area contributed by atoms with Gasteiger partial charge in [0.25, 0.3) is 0 Å². The largest absolute Gasteiger partial charge is 0.477 e. The molecule has 0 saturated carbocycles. The average Bonchev–Trinajstić information content (AvgIpc) is 2.40. The fourth-order valence-electron chi connectivity index (χ4n) is 1.52. The van der Waals surface area contributed by atoms with E-state index >= 15 is 0 Å². The van der Waals surface area contributed by atoms with Gasteiger partial charge in [0.15, 0.2) is 0 Å². The number of carbonyl (C=O) groups is 1. The molecule has 0 saturated heterocycles. The third-order valence-electron chi connectivity index (χ3n) is 2.45. The number of aromatic carboxylic acids is 1. The number of anilines is 1. The fraction of sp³-hybridized carbons (Fsp3) is 0.154. The van der Waals surface area contributed by atoms with Gasteiger partial charge in [0.1, 0.15) is 5.69 Å². The maximum atomic E-state index is 10.6. The van der Waals surface area contributed by atoms with Gasteiger partial charge in [-0.25, -0.2) is 9.78 Å². The number of carboxylic acid groups (broad SMARTS) is 1. The standard InChI is InChI=1S/C13H13N3O2/c17-13(18)12-4-3-11(9-16-12)15-7-5-10-2-1-6-14-8-10/h1-4,6,8-9,15H,5,7H2,(H,17,18). The molecule has 0 bridgehead atoms. The molecule has 0 atom stereocenters. The molecule has 0 radical (unpaired) electrons. The topological polar surface area (TPSA) is 75.1 Å². The zero-order valence-corrected chi connectivity index (χ0v) is 9.71. The van der Waals surface area contributed by atoms with Crippen LogP contribution < -0.4 is 5.32 Å². The van der Waals surface area contributed by atoms with E-state index in [0.717, 1.165) is 24.2 Å². The second-order valence-electron chi connectivity index (χ2n) is 3.78. The Morgan fingerprint density at radius 2 is 2.17 bits per heavy atom. The van der Waals surface area contributed by atoms with Crippen LogP contribution >= 0.6 is 0 Å². The van der Waals surface area contributed by atoms with Gasteiger partial charge in [-0.05, 0) is 30.2 Å². The summed E-state index contributed by atoms with van der Waals surface area (Å²) in [5, 5.41) is 11.9. The van der Waals surface area contributed by atoms with E-state index in [2.05, 4.69) is 15.3 Å². The molecule has 0 aliphatic heterocycles. The van der Waals surface area contributed by atoms with Gasteiger partial charge in [-0.3, -0.25) is 4.98 Å². The Morgan fingerprint density at radius 3 is 2.78 bits per heavy atom. The second kappa shape index (κ2) is 5.77. The quantitative estimate of drug-likeness (QED) is 0.838. The number of hydrogen-bond donors (Lipinski definition) is 2. The number of nitrogens with zero attached hydrogens (tertiary/aromatic N) is 2. The molecule has 0 unspecified atom stereocenters. The summed E-state index contributed by atoms with van der Waals surface area (Å²) in [6.07, 6.45) is 5.94. The molecule has 5 nitrogen and oxygen atoms in total. The zero-order chi connectivity index (χ0) is 12.8. The Hall–Kier alpha value is -2.43. The van der Waals surface area contributed by atoms with E-state index in [1.165, 1.54) is 12.3 Å². The Balaban J connectivity index is 1.85. The Kier molecular flexibility index (Phi) is 3.86. The summed E-state index contributed by atoms with van der Waals surface area (Å²) in [7, 11) is 0. The molecule has 0 amide bonds. The van der Waals surface area contributed by atoms with Crippen molar-refractivity contribution in [3.63, 3.8) is 0 Å². The second-order valence-corrected chi connectivity index (χ2v) is 3.78. The number of pyridine rings is 2. The minimum atomic E-state index is -1.02. The molecule has 0 aliphatic carbocycles. The van der Waals surface area contributed by atoms with Crippen molar-refractivity contribution in [2.24, 2.45) is 0 Å². The highest BCUT2D eigenvalue weighted by Gasteiger charge is 2.02. The molecular formula is C13H13N3O2. The Bertz CT molecular complexity index is 512. The first-order chi connectivity index (χ1) is 8.75. The van der Waals surface area contributed by atoms with E-state index in [-0.39, 0.29) is 5.69 Å². The first kappa shape index (κ1) is 12.0. The van der Waals surface area contributed by atoms with E-state index in [1.807, 2.05) is 18.3 Å². The summed E-state index contributed by atoms with van der Waals surface area (Å²) in [4.78, 5) is 18.5. The van der Waals surface area contributed by atoms with Crippen molar-refractivity contribution in [2.45, 2.75) is 6.42 Å². The van der Waals surface area contributed by atoms with E-state index in [9.17, 15) is 4.79 Å². The lowest BCUT2D eigenvalue weighted by molar-refractivity contribution is 0.0690. The molecule has 2 aromatic heterocycles. The van der Waals surface area contributed by atoms with E-state index in [1.54, 1.807) is 12.3 Å². The lowest BCUT2D eigenvalue weighted by Gasteiger charge is -2.05. The van der Waals surface area contributed by atoms with Gasteiger partial charge in [-0.15, -0.1) is 0 Å². The van der Waals surface area contributed by atoms with Crippen LogP contribution in [0.5, 0.6) is 0 Å². The van der Waals surface area contributed by atoms with Crippen molar-refractivity contribution in [2.75, 3.05) is 11.9 Å². The molecule has 92 valence electrons. The van der Waals surface area contributed by atoms with Crippen LogP contribution in [0.4, 0.5) is 5.69 Å². The van der Waals surface area contributed by atoms with Crippen LogP contribution in [0.3, 0.4) is 0 Å². The van der Waals surface area contributed by atoms with Crippen molar-refractivity contribution >= 4 is 11.7 Å². The first-order valence-electron chi connectivity index (χ1n) is 5.58. The summed E-state index contributed by atoms with van der Waals surface area (Å²) >= 11 is 0. The maximum Gasteiger partial charge on any atom is 0.354 e. The molecule has 0 spiro atoms. The molecule has 0 aliphatic rings. The molecule has 0 fully saturated rings. The highest BCUT2D eigenvalue weighted by Crippen LogP contribution is 2.06. The Morgan fingerprint density at radius 1 is 1.28 bits per heavy atom. The van der Waals surface area contributed by atoms with Gasteiger partial charge < -0.3 is 10.4 Å². The van der Waals surface area contributed by atoms with Gasteiger partial charge in [0, 0.05) is 18.9 Å². The molecule has 2 aromatic rings. The number of aromatic nitrogens is 2. The van der Waals surface area contributed by atoms with E-state index in [4.69, 9.17) is 5.11 Å². The summed E-state index contributed by atoms with van der Waals surface area (Å²) in [5.74, 6) is -1.02. The van der Waals surface area contributed by atoms with Crippen molar-refractivity contribution in [3.8, 4) is 0 Å². The number of nitrogens with one attached hydrogen (secondary N) is 1. The summed E-state index contributed by atoms with van der Waals surface area (Å²) < 4.78 is 0. The van der Waals surface area contributed by atoms with Crippen LogP contribution in [0.15, 0.2) is 42.9 Å². The van der Waals surface area contributed by atoms with Crippen LogP contribution in [0, 0.1) is 0 Å². The summed E-state index contributed by atoms with van der Waals surface area (Å²) in [5.41, 5.74) is 2.01. The van der Waals surface area contributed by atoms with Crippen molar-refractivity contribution < 1.29 is 9.90 Å². The summed E-state index contributed by atoms with van der Waals surface area (Å²) in [6.45, 7) is 0.750. The van der Waals surface area contributed by atoms with Crippen molar-refractivity contribution in [3.05, 3.63) is 54.1 Å². The van der Waals surface area contributed by atoms with Gasteiger partial charge in [0.05, 0.1) is 11.9 Å². The Labute approximate surface area is 105 Å². The predicted octanol–water partition coefficient (Wildman–Crippen LogP) is 1.83. The molecule has 2 heterocycles. The van der Waals surface area contributed by atoms with Gasteiger partial charge >= 0.3 is 5.97 Å². The molecule has 2 N–H and O–H groups in total. The number of carboxylic acids is 1. The van der Waals surface area contributed by atoms with Crippen molar-refractivity contribution in [1.82, 2.24) is 9.97 Å².